The molecule has 1 atom stereocenters. The Hall–Kier alpha value is -2.82. The average molecular weight is 363 g/mol. The van der Waals surface area contributed by atoms with E-state index in [-0.39, 0.29) is 6.61 Å². The van der Waals surface area contributed by atoms with Crippen LogP contribution < -0.4 is 14.8 Å². The number of nitrogens with one attached hydrogen (secondary N) is 1. The van der Waals surface area contributed by atoms with Gasteiger partial charge in [-0.15, -0.1) is 0 Å². The maximum absolute atomic E-state index is 10.2. The van der Waals surface area contributed by atoms with Crippen LogP contribution >= 0.6 is 0 Å². The quantitative estimate of drug-likeness (QED) is 0.601. The van der Waals surface area contributed by atoms with Crippen LogP contribution in [0.25, 0.3) is 0 Å². The van der Waals surface area contributed by atoms with E-state index in [1.54, 1.807) is 7.11 Å². The standard InChI is InChI=1S/C23H25NO3/c1-26-23-14-19(16-24-15-18-8-4-2-5-9-18)12-13-22(23)27-17-21(25)20-10-6-3-7-11-20/h2-14,21,24-25H,15-17H2,1H3/t21-/m1/s1. The zero-order valence-corrected chi connectivity index (χ0v) is 15.5. The molecule has 0 radical (unpaired) electrons. The molecule has 4 heteroatoms. The lowest BCUT2D eigenvalue weighted by Crippen LogP contribution is -2.13. The van der Waals surface area contributed by atoms with Crippen molar-refractivity contribution in [2.45, 2.75) is 19.2 Å². The van der Waals surface area contributed by atoms with Crippen LogP contribution in [0.15, 0.2) is 78.9 Å². The topological polar surface area (TPSA) is 50.7 Å². The Morgan fingerprint density at radius 1 is 0.815 bits per heavy atom. The summed E-state index contributed by atoms with van der Waals surface area (Å²) in [6, 6.07) is 25.6. The molecule has 140 valence electrons. The summed E-state index contributed by atoms with van der Waals surface area (Å²) < 4.78 is 11.2. The second kappa shape index (κ2) is 9.76. The highest BCUT2D eigenvalue weighted by molar-refractivity contribution is 5.43. The Bertz CT molecular complexity index is 822. The average Bonchev–Trinajstić information content (AvgIpc) is 2.73. The molecule has 0 saturated carbocycles. The monoisotopic (exact) mass is 363 g/mol. The van der Waals surface area contributed by atoms with E-state index in [1.165, 1.54) is 5.56 Å². The molecule has 3 rings (SSSR count). The summed E-state index contributed by atoms with van der Waals surface area (Å²) in [5.41, 5.74) is 3.19. The van der Waals surface area contributed by atoms with Crippen molar-refractivity contribution in [1.29, 1.82) is 0 Å². The smallest absolute Gasteiger partial charge is 0.161 e. The van der Waals surface area contributed by atoms with Crippen LogP contribution in [0.4, 0.5) is 0 Å². The summed E-state index contributed by atoms with van der Waals surface area (Å²) in [6.07, 6.45) is -0.678. The maximum atomic E-state index is 10.2. The second-order valence-electron chi connectivity index (χ2n) is 6.31. The van der Waals surface area contributed by atoms with Crippen molar-refractivity contribution in [3.63, 3.8) is 0 Å². The molecule has 0 aromatic heterocycles. The predicted molar refractivity (Wildman–Crippen MR) is 107 cm³/mol. The molecular formula is C23H25NO3. The lowest BCUT2D eigenvalue weighted by molar-refractivity contribution is 0.106. The number of aliphatic hydroxyl groups is 1. The molecular weight excluding hydrogens is 338 g/mol. The zero-order valence-electron chi connectivity index (χ0n) is 15.5. The number of rotatable bonds is 9. The molecule has 0 heterocycles. The van der Waals surface area contributed by atoms with E-state index in [2.05, 4.69) is 17.4 Å². The van der Waals surface area contributed by atoms with Gasteiger partial charge < -0.3 is 19.9 Å². The highest BCUT2D eigenvalue weighted by Crippen LogP contribution is 2.29. The highest BCUT2D eigenvalue weighted by atomic mass is 16.5. The first-order valence-electron chi connectivity index (χ1n) is 9.03. The van der Waals surface area contributed by atoms with Crippen LogP contribution in [0.2, 0.25) is 0 Å². The molecule has 2 N–H and O–H groups in total. The number of hydrogen-bond acceptors (Lipinski definition) is 4. The highest BCUT2D eigenvalue weighted by Gasteiger charge is 2.11. The van der Waals surface area contributed by atoms with Gasteiger partial charge in [-0.25, -0.2) is 0 Å². The fourth-order valence-corrected chi connectivity index (χ4v) is 2.83. The van der Waals surface area contributed by atoms with Crippen LogP contribution in [-0.4, -0.2) is 18.8 Å². The summed E-state index contributed by atoms with van der Waals surface area (Å²) in [5.74, 6) is 1.29. The van der Waals surface area contributed by atoms with E-state index in [9.17, 15) is 5.11 Å². The first-order chi connectivity index (χ1) is 13.3. The Morgan fingerprint density at radius 2 is 1.48 bits per heavy atom. The molecule has 3 aromatic rings. The Morgan fingerprint density at radius 3 is 2.19 bits per heavy atom. The van der Waals surface area contributed by atoms with Crippen molar-refractivity contribution in [3.8, 4) is 11.5 Å². The van der Waals surface area contributed by atoms with Crippen molar-refractivity contribution in [3.05, 3.63) is 95.6 Å². The third-order valence-corrected chi connectivity index (χ3v) is 4.31. The van der Waals surface area contributed by atoms with Crippen LogP contribution in [0.5, 0.6) is 11.5 Å². The summed E-state index contributed by atoms with van der Waals surface area (Å²) in [6.45, 7) is 1.72. The van der Waals surface area contributed by atoms with Gasteiger partial charge in [0.05, 0.1) is 7.11 Å². The number of aliphatic hydroxyl groups excluding tert-OH is 1. The molecule has 0 saturated heterocycles. The number of benzene rings is 3. The Labute approximate surface area is 160 Å². The Balaban J connectivity index is 1.55. The summed E-state index contributed by atoms with van der Waals surface area (Å²) in [5, 5.41) is 13.7. The van der Waals surface area contributed by atoms with Crippen LogP contribution in [0.3, 0.4) is 0 Å². The van der Waals surface area contributed by atoms with Gasteiger partial charge in [0, 0.05) is 13.1 Å². The van der Waals surface area contributed by atoms with Crippen molar-refractivity contribution in [1.82, 2.24) is 5.32 Å². The molecule has 0 aliphatic carbocycles. The van der Waals surface area contributed by atoms with Gasteiger partial charge in [0.25, 0.3) is 0 Å². The normalized spacial score (nSPS) is 11.8. The van der Waals surface area contributed by atoms with E-state index in [0.717, 1.165) is 24.2 Å². The van der Waals surface area contributed by atoms with Crippen LogP contribution in [0.1, 0.15) is 22.8 Å². The van der Waals surface area contributed by atoms with Gasteiger partial charge >= 0.3 is 0 Å². The van der Waals surface area contributed by atoms with Gasteiger partial charge in [0.2, 0.25) is 0 Å². The molecule has 3 aromatic carbocycles. The lowest BCUT2D eigenvalue weighted by atomic mass is 10.1. The molecule has 27 heavy (non-hydrogen) atoms. The molecule has 0 aliphatic rings. The van der Waals surface area contributed by atoms with E-state index >= 15 is 0 Å². The van der Waals surface area contributed by atoms with E-state index in [4.69, 9.17) is 9.47 Å². The first-order valence-corrected chi connectivity index (χ1v) is 9.03. The second-order valence-corrected chi connectivity index (χ2v) is 6.31. The van der Waals surface area contributed by atoms with Gasteiger partial charge in [-0.2, -0.15) is 0 Å². The summed E-state index contributed by atoms with van der Waals surface area (Å²) in [4.78, 5) is 0. The van der Waals surface area contributed by atoms with Crippen LogP contribution in [-0.2, 0) is 13.1 Å². The molecule has 0 unspecified atom stereocenters. The lowest BCUT2D eigenvalue weighted by Gasteiger charge is -2.15. The number of ether oxygens (including phenoxy) is 2. The first kappa shape index (κ1) is 19.0. The molecule has 0 aliphatic heterocycles. The summed E-state index contributed by atoms with van der Waals surface area (Å²) >= 11 is 0. The van der Waals surface area contributed by atoms with Gasteiger partial charge in [-0.05, 0) is 28.8 Å². The van der Waals surface area contributed by atoms with Gasteiger partial charge in [-0.1, -0.05) is 66.7 Å². The SMILES string of the molecule is COc1cc(CNCc2ccccc2)ccc1OC[C@@H](O)c1ccccc1. The third kappa shape index (κ3) is 5.58. The van der Waals surface area contributed by atoms with Crippen LogP contribution in [0, 0.1) is 0 Å². The minimum Gasteiger partial charge on any atom is -0.493 e. The van der Waals surface area contributed by atoms with E-state index in [0.29, 0.717) is 11.5 Å². The molecule has 0 bridgehead atoms. The molecule has 0 fully saturated rings. The predicted octanol–water partition coefficient (Wildman–Crippen LogP) is 4.10. The van der Waals surface area contributed by atoms with Crippen molar-refractivity contribution < 1.29 is 14.6 Å². The van der Waals surface area contributed by atoms with Crippen molar-refractivity contribution in [2.24, 2.45) is 0 Å². The fraction of sp³-hybridized carbons (Fsp3) is 0.217. The van der Waals surface area contributed by atoms with Crippen molar-refractivity contribution in [2.75, 3.05) is 13.7 Å². The fourth-order valence-electron chi connectivity index (χ4n) is 2.83. The van der Waals surface area contributed by atoms with Gasteiger partial charge in [0.15, 0.2) is 11.5 Å². The molecule has 4 nitrogen and oxygen atoms in total. The molecule has 0 spiro atoms. The Kier molecular flexibility index (Phi) is 6.85. The molecule has 0 amide bonds. The maximum Gasteiger partial charge on any atom is 0.161 e. The third-order valence-electron chi connectivity index (χ3n) is 4.31. The van der Waals surface area contributed by atoms with E-state index in [1.807, 2.05) is 66.7 Å². The number of methoxy groups -OCH3 is 1. The van der Waals surface area contributed by atoms with Gasteiger partial charge in [0.1, 0.15) is 12.7 Å². The van der Waals surface area contributed by atoms with Crippen molar-refractivity contribution >= 4 is 0 Å². The minimum atomic E-state index is -0.678. The number of hydrogen-bond donors (Lipinski definition) is 2. The minimum absolute atomic E-state index is 0.173. The van der Waals surface area contributed by atoms with E-state index < -0.39 is 6.10 Å². The zero-order chi connectivity index (χ0) is 18.9. The summed E-state index contributed by atoms with van der Waals surface area (Å²) in [7, 11) is 1.62. The van der Waals surface area contributed by atoms with Gasteiger partial charge in [-0.3, -0.25) is 0 Å². The largest absolute Gasteiger partial charge is 0.493 e.